The van der Waals surface area contributed by atoms with Crippen LogP contribution in [0.1, 0.15) is 22.9 Å². The molecule has 0 amide bonds. The van der Waals surface area contributed by atoms with Crippen molar-refractivity contribution in [2.24, 2.45) is 9.98 Å². The van der Waals surface area contributed by atoms with Crippen LogP contribution >= 0.6 is 0 Å². The van der Waals surface area contributed by atoms with Crippen molar-refractivity contribution < 1.29 is 4.42 Å². The summed E-state index contributed by atoms with van der Waals surface area (Å²) in [6, 6.07) is 64.5. The smallest absolute Gasteiger partial charge is 0.160 e. The van der Waals surface area contributed by atoms with E-state index in [9.17, 15) is 0 Å². The molecule has 1 aliphatic heterocycles. The SMILES string of the molecule is c1ccc(C2N=C(c3cc(-n4c5ccccc5c5cc6ccccc6cc54)cc4oc5ccccc5c34)N=C(c3ccc4c(ccc5ccccc54)c3)N2)cc1. The first kappa shape index (κ1) is 30.9. The summed E-state index contributed by atoms with van der Waals surface area (Å²) in [5.41, 5.74) is 7.84. The van der Waals surface area contributed by atoms with Gasteiger partial charge in [0.15, 0.2) is 5.84 Å². The third kappa shape index (κ3) is 4.74. The molecule has 5 nitrogen and oxygen atoms in total. The van der Waals surface area contributed by atoms with Crippen LogP contribution in [0.4, 0.5) is 0 Å². The molecule has 12 rings (SSSR count). The van der Waals surface area contributed by atoms with E-state index in [1.807, 2.05) is 18.2 Å². The van der Waals surface area contributed by atoms with Gasteiger partial charge in [-0.3, -0.25) is 0 Å². The maximum absolute atomic E-state index is 6.69. The number of nitrogens with zero attached hydrogens (tertiary/aromatic N) is 3. The summed E-state index contributed by atoms with van der Waals surface area (Å²) in [6.07, 6.45) is -0.359. The molecule has 0 spiro atoms. The largest absolute Gasteiger partial charge is 0.456 e. The molecule has 3 heterocycles. The molecule has 0 saturated carbocycles. The lowest BCUT2D eigenvalue weighted by Crippen LogP contribution is -2.33. The summed E-state index contributed by atoms with van der Waals surface area (Å²) in [6.45, 7) is 0. The number of hydrogen-bond donors (Lipinski definition) is 1. The predicted molar refractivity (Wildman–Crippen MR) is 232 cm³/mol. The van der Waals surface area contributed by atoms with E-state index in [1.165, 1.54) is 37.7 Å². The number of furan rings is 1. The number of para-hydroxylation sites is 2. The zero-order valence-corrected chi connectivity index (χ0v) is 30.1. The minimum atomic E-state index is -0.359. The van der Waals surface area contributed by atoms with Crippen molar-refractivity contribution in [2.75, 3.05) is 0 Å². The van der Waals surface area contributed by atoms with Crippen LogP contribution in [0.25, 0.3) is 81.7 Å². The van der Waals surface area contributed by atoms with Gasteiger partial charge in [-0.15, -0.1) is 0 Å². The average Bonchev–Trinajstić information content (AvgIpc) is 3.80. The summed E-state index contributed by atoms with van der Waals surface area (Å²) in [7, 11) is 0. The Bertz CT molecular complexity index is 3460. The van der Waals surface area contributed by atoms with Crippen molar-refractivity contribution >= 4 is 87.7 Å². The normalized spacial score (nSPS) is 14.6. The highest BCUT2D eigenvalue weighted by molar-refractivity contribution is 6.23. The van der Waals surface area contributed by atoms with Crippen LogP contribution in [0.3, 0.4) is 0 Å². The van der Waals surface area contributed by atoms with Crippen LogP contribution in [0.2, 0.25) is 0 Å². The van der Waals surface area contributed by atoms with Gasteiger partial charge < -0.3 is 14.3 Å². The maximum Gasteiger partial charge on any atom is 0.160 e. The number of fused-ring (bicyclic) bond motifs is 10. The second kappa shape index (κ2) is 12.0. The van der Waals surface area contributed by atoms with Gasteiger partial charge in [-0.25, -0.2) is 9.98 Å². The van der Waals surface area contributed by atoms with Crippen LogP contribution in [0, 0.1) is 0 Å². The molecule has 0 aliphatic carbocycles. The second-order valence-corrected chi connectivity index (χ2v) is 14.6. The van der Waals surface area contributed by atoms with E-state index in [0.717, 1.165) is 66.6 Å². The molecule has 2 aromatic heterocycles. The molecular formula is C51H32N4O. The van der Waals surface area contributed by atoms with Crippen molar-refractivity contribution in [1.82, 2.24) is 9.88 Å². The molecule has 262 valence electrons. The number of nitrogens with one attached hydrogen (secondary N) is 1. The van der Waals surface area contributed by atoms with Crippen molar-refractivity contribution in [3.63, 3.8) is 0 Å². The van der Waals surface area contributed by atoms with Gasteiger partial charge in [-0.1, -0.05) is 140 Å². The van der Waals surface area contributed by atoms with Gasteiger partial charge in [-0.2, -0.15) is 0 Å². The Morgan fingerprint density at radius 3 is 2.05 bits per heavy atom. The van der Waals surface area contributed by atoms with E-state index < -0.39 is 0 Å². The van der Waals surface area contributed by atoms with E-state index in [0.29, 0.717) is 5.84 Å². The number of rotatable bonds is 4. The molecule has 1 unspecified atom stereocenters. The van der Waals surface area contributed by atoms with Gasteiger partial charge in [0.1, 0.15) is 23.2 Å². The molecule has 11 aromatic rings. The Morgan fingerprint density at radius 1 is 0.482 bits per heavy atom. The summed E-state index contributed by atoms with van der Waals surface area (Å²) in [5.74, 6) is 1.42. The first-order valence-electron chi connectivity index (χ1n) is 19.0. The predicted octanol–water partition coefficient (Wildman–Crippen LogP) is 12.6. The van der Waals surface area contributed by atoms with Crippen molar-refractivity contribution in [1.29, 1.82) is 0 Å². The molecule has 1 atom stereocenters. The quantitative estimate of drug-likeness (QED) is 0.184. The lowest BCUT2D eigenvalue weighted by Gasteiger charge is -2.24. The van der Waals surface area contributed by atoms with Gasteiger partial charge in [0.05, 0.1) is 16.7 Å². The molecule has 0 bridgehead atoms. The topological polar surface area (TPSA) is 54.8 Å². The Labute approximate surface area is 321 Å². The highest BCUT2D eigenvalue weighted by Gasteiger charge is 2.25. The lowest BCUT2D eigenvalue weighted by atomic mass is 9.99. The first-order chi connectivity index (χ1) is 27.7. The fourth-order valence-corrected chi connectivity index (χ4v) is 8.76. The molecule has 1 N–H and O–H groups in total. The molecule has 5 heteroatoms. The monoisotopic (exact) mass is 716 g/mol. The average molecular weight is 717 g/mol. The Hall–Kier alpha value is -7.50. The van der Waals surface area contributed by atoms with E-state index in [4.69, 9.17) is 14.4 Å². The molecular weight excluding hydrogens is 685 g/mol. The van der Waals surface area contributed by atoms with Gasteiger partial charge >= 0.3 is 0 Å². The first-order valence-corrected chi connectivity index (χ1v) is 19.0. The Balaban J connectivity index is 1.13. The van der Waals surface area contributed by atoms with Crippen molar-refractivity contribution in [2.45, 2.75) is 6.17 Å². The molecule has 56 heavy (non-hydrogen) atoms. The second-order valence-electron chi connectivity index (χ2n) is 14.6. The van der Waals surface area contributed by atoms with Gasteiger partial charge in [-0.05, 0) is 74.3 Å². The fraction of sp³-hybridized carbons (Fsp3) is 0.0196. The zero-order valence-electron chi connectivity index (χ0n) is 30.1. The Morgan fingerprint density at radius 2 is 1.18 bits per heavy atom. The fourth-order valence-electron chi connectivity index (χ4n) is 8.76. The Kier molecular flexibility index (Phi) is 6.63. The third-order valence-electron chi connectivity index (χ3n) is 11.4. The lowest BCUT2D eigenvalue weighted by molar-refractivity contribution is 0.668. The highest BCUT2D eigenvalue weighted by atomic mass is 16.3. The summed E-state index contributed by atoms with van der Waals surface area (Å²) in [5, 5.41) is 15.4. The van der Waals surface area contributed by atoms with E-state index in [2.05, 4.69) is 174 Å². The standard InChI is InChI=1S/C51H32N4O/c1-2-13-32(14-3-1)49-52-50(36-24-25-39-35(26-36)23-22-31-12-6-7-17-38(31)39)54-51(53-49)43-29-37(30-47-48(43)41-19-9-11-21-46(41)56-47)55-44-20-10-8-18-40(44)42-27-33-15-4-5-16-34(33)28-45(42)55/h1-30,49H,(H,52,53,54). The van der Waals surface area contributed by atoms with E-state index >= 15 is 0 Å². The van der Waals surface area contributed by atoms with Gasteiger partial charge in [0.2, 0.25) is 0 Å². The molecule has 9 aromatic carbocycles. The molecule has 1 aliphatic rings. The number of aromatic nitrogens is 1. The number of benzene rings is 9. The van der Waals surface area contributed by atoms with Gasteiger partial charge in [0.25, 0.3) is 0 Å². The minimum absolute atomic E-state index is 0.359. The maximum atomic E-state index is 6.69. The molecule has 0 radical (unpaired) electrons. The van der Waals surface area contributed by atoms with Crippen molar-refractivity contribution in [3.8, 4) is 5.69 Å². The van der Waals surface area contributed by atoms with Crippen LogP contribution in [-0.4, -0.2) is 16.2 Å². The van der Waals surface area contributed by atoms with E-state index in [-0.39, 0.29) is 6.17 Å². The van der Waals surface area contributed by atoms with E-state index in [1.54, 1.807) is 0 Å². The van der Waals surface area contributed by atoms with Gasteiger partial charge in [0, 0.05) is 38.7 Å². The van der Waals surface area contributed by atoms with Crippen LogP contribution < -0.4 is 5.32 Å². The number of amidine groups is 2. The van der Waals surface area contributed by atoms with Crippen LogP contribution in [0.5, 0.6) is 0 Å². The van der Waals surface area contributed by atoms with Crippen LogP contribution in [0.15, 0.2) is 196 Å². The summed E-state index contributed by atoms with van der Waals surface area (Å²) in [4.78, 5) is 10.8. The summed E-state index contributed by atoms with van der Waals surface area (Å²) < 4.78 is 9.05. The highest BCUT2D eigenvalue weighted by Crippen LogP contribution is 2.39. The van der Waals surface area contributed by atoms with Crippen LogP contribution in [-0.2, 0) is 0 Å². The minimum Gasteiger partial charge on any atom is -0.456 e. The summed E-state index contributed by atoms with van der Waals surface area (Å²) >= 11 is 0. The zero-order chi connectivity index (χ0) is 36.7. The van der Waals surface area contributed by atoms with Crippen molar-refractivity contribution in [3.05, 3.63) is 199 Å². The number of hydrogen-bond acceptors (Lipinski definition) is 4. The molecule has 0 saturated heterocycles. The number of aliphatic imine (C=N–C) groups is 2. The molecule has 0 fully saturated rings. The third-order valence-corrected chi connectivity index (χ3v) is 11.4.